The van der Waals surface area contributed by atoms with Gasteiger partial charge >= 0.3 is 5.97 Å². The molecule has 0 radical (unpaired) electrons. The maximum atomic E-state index is 11.4. The molecule has 0 aliphatic carbocycles. The van der Waals surface area contributed by atoms with E-state index in [1.54, 1.807) is 0 Å². The van der Waals surface area contributed by atoms with Crippen molar-refractivity contribution in [2.75, 3.05) is 7.11 Å². The Morgan fingerprint density at radius 1 is 1.45 bits per heavy atom. The van der Waals surface area contributed by atoms with E-state index < -0.39 is 16.8 Å². The van der Waals surface area contributed by atoms with Gasteiger partial charge in [0.1, 0.15) is 11.7 Å². The first kappa shape index (κ1) is 16.1. The summed E-state index contributed by atoms with van der Waals surface area (Å²) in [4.78, 5) is 33.2. The van der Waals surface area contributed by atoms with Crippen LogP contribution in [-0.4, -0.2) is 23.8 Å². The number of esters is 1. The largest absolute Gasteiger partial charge is 0.468 e. The first-order chi connectivity index (χ1) is 9.36. The maximum absolute atomic E-state index is 11.4. The molecule has 0 aliphatic heterocycles. The highest BCUT2D eigenvalue weighted by Gasteiger charge is 2.25. The molecule has 0 bridgehead atoms. The first-order valence-electron chi connectivity index (χ1n) is 5.88. The van der Waals surface area contributed by atoms with Gasteiger partial charge < -0.3 is 4.74 Å². The van der Waals surface area contributed by atoms with Gasteiger partial charge in [-0.05, 0) is 25.8 Å². The van der Waals surface area contributed by atoms with Crippen molar-refractivity contribution in [3.05, 3.63) is 38.9 Å². The monoisotopic (exact) mass is 299 g/mol. The number of nitrogens with zero attached hydrogens (tertiary/aromatic N) is 1. The van der Waals surface area contributed by atoms with Gasteiger partial charge in [0.25, 0.3) is 5.69 Å². The minimum atomic E-state index is -0.907. The van der Waals surface area contributed by atoms with Crippen molar-refractivity contribution < 1.29 is 19.2 Å². The number of methoxy groups -OCH3 is 1. The Morgan fingerprint density at radius 2 is 2.10 bits per heavy atom. The smallest absolute Gasteiger partial charge is 0.316 e. The Hall–Kier alpha value is -1.95. The van der Waals surface area contributed by atoms with Crippen molar-refractivity contribution in [1.29, 1.82) is 0 Å². The summed E-state index contributed by atoms with van der Waals surface area (Å²) in [6.45, 7) is 1.29. The Bertz CT molecular complexity index is 544. The van der Waals surface area contributed by atoms with E-state index >= 15 is 0 Å². The lowest BCUT2D eigenvalue weighted by molar-refractivity contribution is -0.385. The molecular weight excluding hydrogens is 286 g/mol. The number of nitro groups is 1. The fraction of sp³-hybridized carbons (Fsp3) is 0.385. The van der Waals surface area contributed by atoms with Crippen LogP contribution in [0.2, 0.25) is 5.02 Å². The van der Waals surface area contributed by atoms with Gasteiger partial charge in [0.15, 0.2) is 0 Å². The second-order valence-electron chi connectivity index (χ2n) is 4.26. The number of halogens is 1. The lowest BCUT2D eigenvalue weighted by Gasteiger charge is -2.11. The van der Waals surface area contributed by atoms with Crippen LogP contribution in [0, 0.1) is 16.0 Å². The number of hydrogen-bond donors (Lipinski definition) is 0. The van der Waals surface area contributed by atoms with Crippen LogP contribution >= 0.6 is 11.6 Å². The number of hydrogen-bond acceptors (Lipinski definition) is 5. The molecule has 0 saturated heterocycles. The molecule has 0 amide bonds. The van der Waals surface area contributed by atoms with Crippen molar-refractivity contribution >= 4 is 29.0 Å². The van der Waals surface area contributed by atoms with Gasteiger partial charge in [-0.2, -0.15) is 0 Å². The van der Waals surface area contributed by atoms with Crippen molar-refractivity contribution in [2.45, 2.75) is 19.8 Å². The van der Waals surface area contributed by atoms with Crippen molar-refractivity contribution in [3.63, 3.8) is 0 Å². The highest BCUT2D eigenvalue weighted by molar-refractivity contribution is 6.30. The van der Waals surface area contributed by atoms with Crippen LogP contribution in [-0.2, 0) is 20.7 Å². The second-order valence-corrected chi connectivity index (χ2v) is 4.69. The molecule has 0 heterocycles. The summed E-state index contributed by atoms with van der Waals surface area (Å²) in [5.74, 6) is -1.86. The number of Topliss-reactive ketones (excluding diaryl/α,β-unsaturated/α-hetero) is 1. The predicted molar refractivity (Wildman–Crippen MR) is 72.6 cm³/mol. The number of ketones is 1. The second kappa shape index (κ2) is 7.00. The zero-order valence-corrected chi connectivity index (χ0v) is 11.8. The molecule has 0 aromatic heterocycles. The summed E-state index contributed by atoms with van der Waals surface area (Å²) in [7, 11) is 1.20. The van der Waals surface area contributed by atoms with Crippen molar-refractivity contribution in [1.82, 2.24) is 0 Å². The molecule has 1 atom stereocenters. The number of carbonyl (C=O) groups excluding carboxylic acids is 2. The Kier molecular flexibility index (Phi) is 5.64. The first-order valence-corrected chi connectivity index (χ1v) is 6.25. The highest BCUT2D eigenvalue weighted by atomic mass is 35.5. The molecule has 1 unspecified atom stereocenters. The number of nitro benzene ring substituents is 1. The number of carbonyl (C=O) groups is 2. The Balaban J connectivity index is 2.91. The summed E-state index contributed by atoms with van der Waals surface area (Å²) in [6, 6.07) is 4.30. The molecule has 0 spiro atoms. The van der Waals surface area contributed by atoms with Crippen LogP contribution in [0.3, 0.4) is 0 Å². The lowest BCUT2D eigenvalue weighted by atomic mass is 9.95. The molecule has 7 heteroatoms. The highest BCUT2D eigenvalue weighted by Crippen LogP contribution is 2.25. The average Bonchev–Trinajstić information content (AvgIpc) is 2.39. The lowest BCUT2D eigenvalue weighted by Crippen LogP contribution is -2.24. The van der Waals surface area contributed by atoms with Crippen LogP contribution in [0.15, 0.2) is 18.2 Å². The molecule has 0 aliphatic rings. The summed E-state index contributed by atoms with van der Waals surface area (Å²) in [5, 5.41) is 11.2. The number of rotatable bonds is 6. The van der Waals surface area contributed by atoms with Crippen molar-refractivity contribution in [3.8, 4) is 0 Å². The average molecular weight is 300 g/mol. The Morgan fingerprint density at radius 3 is 2.60 bits per heavy atom. The van der Waals surface area contributed by atoms with Crippen LogP contribution in [0.1, 0.15) is 18.9 Å². The summed E-state index contributed by atoms with van der Waals surface area (Å²) in [5.41, 5.74) is 0.305. The Labute approximate surface area is 120 Å². The van der Waals surface area contributed by atoms with Gasteiger partial charge in [-0.1, -0.05) is 17.7 Å². The number of ether oxygens (including phenoxy) is 1. The van der Waals surface area contributed by atoms with Crippen LogP contribution in [0.4, 0.5) is 5.69 Å². The summed E-state index contributed by atoms with van der Waals surface area (Å²) < 4.78 is 4.54. The van der Waals surface area contributed by atoms with Crippen molar-refractivity contribution in [2.24, 2.45) is 5.92 Å². The molecular formula is C13H14ClNO5. The molecule has 20 heavy (non-hydrogen) atoms. The molecule has 108 valence electrons. The van der Waals surface area contributed by atoms with Crippen LogP contribution in [0.25, 0.3) is 0 Å². The fourth-order valence-electron chi connectivity index (χ4n) is 1.85. The van der Waals surface area contributed by atoms with E-state index in [-0.39, 0.29) is 29.3 Å². The predicted octanol–water partition coefficient (Wildman–Crippen LogP) is 2.56. The van der Waals surface area contributed by atoms with E-state index in [0.717, 1.165) is 0 Å². The summed E-state index contributed by atoms with van der Waals surface area (Å²) >= 11 is 5.71. The van der Waals surface area contributed by atoms with Gasteiger partial charge in [-0.3, -0.25) is 19.7 Å². The third-order valence-electron chi connectivity index (χ3n) is 2.92. The van der Waals surface area contributed by atoms with Gasteiger partial charge in [-0.25, -0.2) is 0 Å². The molecule has 1 aromatic rings. The molecule has 0 fully saturated rings. The minimum absolute atomic E-state index is 0.121. The third-order valence-corrected chi connectivity index (χ3v) is 3.16. The number of aryl methyl sites for hydroxylation is 1. The fourth-order valence-corrected chi connectivity index (χ4v) is 2.01. The van der Waals surface area contributed by atoms with Gasteiger partial charge in [0, 0.05) is 16.7 Å². The van der Waals surface area contributed by atoms with Crippen LogP contribution in [0.5, 0.6) is 0 Å². The van der Waals surface area contributed by atoms with E-state index in [2.05, 4.69) is 4.74 Å². The standard InChI is InChI=1S/C13H14ClNO5/c1-8(16)11(13(17)20-2)6-4-9-3-5-10(14)7-12(9)15(18)19/h3,5,7,11H,4,6H2,1-2H3. The number of benzene rings is 1. The third kappa shape index (κ3) is 4.03. The molecule has 6 nitrogen and oxygen atoms in total. The van der Waals surface area contributed by atoms with E-state index in [1.165, 1.54) is 32.2 Å². The van der Waals surface area contributed by atoms with E-state index in [1.807, 2.05) is 0 Å². The van der Waals surface area contributed by atoms with E-state index in [4.69, 9.17) is 11.6 Å². The van der Waals surface area contributed by atoms with Gasteiger partial charge in [-0.15, -0.1) is 0 Å². The molecule has 1 aromatic carbocycles. The van der Waals surface area contributed by atoms with E-state index in [9.17, 15) is 19.7 Å². The van der Waals surface area contributed by atoms with E-state index in [0.29, 0.717) is 5.56 Å². The quantitative estimate of drug-likeness (QED) is 0.349. The van der Waals surface area contributed by atoms with Gasteiger partial charge in [0.2, 0.25) is 0 Å². The summed E-state index contributed by atoms with van der Waals surface area (Å²) in [6.07, 6.45) is 0.372. The molecule has 1 rings (SSSR count). The molecule has 0 saturated carbocycles. The van der Waals surface area contributed by atoms with Crippen LogP contribution < -0.4 is 0 Å². The topological polar surface area (TPSA) is 86.5 Å². The van der Waals surface area contributed by atoms with Gasteiger partial charge in [0.05, 0.1) is 12.0 Å². The maximum Gasteiger partial charge on any atom is 0.316 e. The minimum Gasteiger partial charge on any atom is -0.468 e. The normalized spacial score (nSPS) is 11.8. The molecule has 0 N–H and O–H groups in total. The SMILES string of the molecule is COC(=O)C(CCc1ccc(Cl)cc1[N+](=O)[O-])C(C)=O. The zero-order valence-electron chi connectivity index (χ0n) is 11.1. The zero-order chi connectivity index (χ0) is 15.3.